The van der Waals surface area contributed by atoms with Crippen LogP contribution in [0.5, 0.6) is 0 Å². The van der Waals surface area contributed by atoms with Gasteiger partial charge >= 0.3 is 0 Å². The van der Waals surface area contributed by atoms with Crippen molar-refractivity contribution in [2.45, 2.75) is 18.3 Å². The summed E-state index contributed by atoms with van der Waals surface area (Å²) in [7, 11) is 0. The molecule has 0 fully saturated rings. The van der Waals surface area contributed by atoms with Crippen molar-refractivity contribution in [3.05, 3.63) is 0 Å². The maximum absolute atomic E-state index is 9.15. The van der Waals surface area contributed by atoms with Crippen LogP contribution in [0.4, 0.5) is 0 Å². The van der Waals surface area contributed by atoms with Gasteiger partial charge in [-0.25, -0.2) is 0 Å². The maximum Gasteiger partial charge on any atom is 0.110 e. The topological polar surface area (TPSA) is 79.2 Å². The van der Waals surface area contributed by atoms with E-state index in [1.165, 1.54) is 0 Å². The van der Waals surface area contributed by atoms with E-state index >= 15 is 0 Å². The summed E-state index contributed by atoms with van der Waals surface area (Å²) in [6.07, 6.45) is -3.59. The molecule has 3 N–H and O–H groups in total. The third-order valence-corrected chi connectivity index (χ3v) is 1.78. The first-order valence-corrected chi connectivity index (χ1v) is 4.44. The number of halogens is 2. The van der Waals surface area contributed by atoms with Crippen LogP contribution in [-0.4, -0.2) is 46.8 Å². The van der Waals surface area contributed by atoms with E-state index in [1.54, 1.807) is 0 Å². The Hall–Kier alpha value is 0.760. The molecule has 12 heavy (non-hydrogen) atoms. The quantitative estimate of drug-likeness (QED) is 0.629. The molecular formula is C5H10Br2O5. The van der Waals surface area contributed by atoms with Gasteiger partial charge in [-0.3, -0.25) is 0 Å². The summed E-state index contributed by atoms with van der Waals surface area (Å²) in [5.74, 6) is 0. The average Bonchev–Trinajstić information content (AvgIpc) is 2.04. The number of aliphatic hydroxyl groups is 3. The zero-order chi connectivity index (χ0) is 9.56. The molecule has 74 valence electrons. The summed E-state index contributed by atoms with van der Waals surface area (Å²) in [6, 6.07) is 0. The Morgan fingerprint density at radius 2 is 1.25 bits per heavy atom. The van der Waals surface area contributed by atoms with Gasteiger partial charge in [-0.15, -0.1) is 0 Å². The van der Waals surface area contributed by atoms with E-state index in [0.29, 0.717) is 0 Å². The third kappa shape index (κ3) is 4.70. The van der Waals surface area contributed by atoms with Crippen LogP contribution in [-0.2, 0) is 7.66 Å². The number of hydrogen-bond donors (Lipinski definition) is 3. The van der Waals surface area contributed by atoms with Gasteiger partial charge in [0.2, 0.25) is 0 Å². The summed E-state index contributed by atoms with van der Waals surface area (Å²) < 4.78 is 8.78. The average molecular weight is 310 g/mol. The van der Waals surface area contributed by atoms with Gasteiger partial charge in [-0.2, -0.15) is 0 Å². The Labute approximate surface area is 87.2 Å². The van der Waals surface area contributed by atoms with Gasteiger partial charge in [0.25, 0.3) is 0 Å². The summed E-state index contributed by atoms with van der Waals surface area (Å²) in [4.78, 5) is 0. The minimum Gasteiger partial charge on any atom is -0.388 e. The zero-order valence-corrected chi connectivity index (χ0v) is 9.23. The van der Waals surface area contributed by atoms with Gasteiger partial charge < -0.3 is 23.0 Å². The molecule has 0 aromatic heterocycles. The standard InChI is InChI=1S/C5H10Br2O5/c6-11-1-3(8)5(10)4(9)2-12-7/h3-5,8-10H,1-2H2/t3-,4+,5+. The summed E-state index contributed by atoms with van der Waals surface area (Å²) in [6.45, 7) is -0.221. The fourth-order valence-electron chi connectivity index (χ4n) is 0.583. The molecule has 0 heterocycles. The highest BCUT2D eigenvalue weighted by molar-refractivity contribution is 9.06. The largest absolute Gasteiger partial charge is 0.388 e. The summed E-state index contributed by atoms with van der Waals surface area (Å²) in [5, 5.41) is 27.3. The molecule has 0 saturated heterocycles. The minimum atomic E-state index is -1.29. The Morgan fingerprint density at radius 3 is 1.50 bits per heavy atom. The second-order valence-electron chi connectivity index (χ2n) is 2.18. The fraction of sp³-hybridized carbons (Fsp3) is 1.00. The van der Waals surface area contributed by atoms with E-state index in [1.807, 2.05) is 0 Å². The van der Waals surface area contributed by atoms with Crippen LogP contribution >= 0.6 is 32.5 Å². The van der Waals surface area contributed by atoms with E-state index < -0.39 is 18.3 Å². The molecule has 0 unspecified atom stereocenters. The van der Waals surface area contributed by atoms with Crippen molar-refractivity contribution in [2.24, 2.45) is 0 Å². The first kappa shape index (κ1) is 12.8. The zero-order valence-electron chi connectivity index (χ0n) is 6.06. The normalized spacial score (nSPS) is 18.8. The second-order valence-corrected chi connectivity index (χ2v) is 3.09. The molecule has 0 spiro atoms. The molecule has 0 aliphatic carbocycles. The highest BCUT2D eigenvalue weighted by atomic mass is 79.9. The third-order valence-electron chi connectivity index (χ3n) is 1.26. The summed E-state index contributed by atoms with van der Waals surface area (Å²) >= 11 is 5.23. The SMILES string of the molecule is O[C@@H]([C@H](O)COBr)[C@@H](O)COBr. The van der Waals surface area contributed by atoms with Crippen molar-refractivity contribution in [1.29, 1.82) is 0 Å². The number of hydrogen-bond acceptors (Lipinski definition) is 5. The van der Waals surface area contributed by atoms with Crippen LogP contribution in [0, 0.1) is 0 Å². The predicted molar refractivity (Wildman–Crippen MR) is 47.8 cm³/mol. The number of aliphatic hydroxyl groups excluding tert-OH is 3. The molecule has 0 rings (SSSR count). The molecule has 7 heteroatoms. The molecule has 0 radical (unpaired) electrons. The molecule has 5 nitrogen and oxygen atoms in total. The monoisotopic (exact) mass is 308 g/mol. The van der Waals surface area contributed by atoms with Crippen molar-refractivity contribution >= 4 is 32.5 Å². The molecule has 0 bridgehead atoms. The molecule has 0 saturated carbocycles. The van der Waals surface area contributed by atoms with Gasteiger partial charge in [-0.1, -0.05) is 0 Å². The van der Waals surface area contributed by atoms with Crippen LogP contribution in [0.2, 0.25) is 0 Å². The summed E-state index contributed by atoms with van der Waals surface area (Å²) in [5.41, 5.74) is 0. The predicted octanol–water partition coefficient (Wildman–Crippen LogP) is -0.278. The lowest BCUT2D eigenvalue weighted by atomic mass is 10.1. The van der Waals surface area contributed by atoms with Crippen molar-refractivity contribution < 1.29 is 23.0 Å². The van der Waals surface area contributed by atoms with E-state index in [-0.39, 0.29) is 13.2 Å². The molecular weight excluding hydrogens is 300 g/mol. The van der Waals surface area contributed by atoms with Crippen molar-refractivity contribution in [1.82, 2.24) is 0 Å². The van der Waals surface area contributed by atoms with E-state index in [0.717, 1.165) is 0 Å². The molecule has 0 amide bonds. The number of rotatable bonds is 6. The highest BCUT2D eigenvalue weighted by Crippen LogP contribution is 2.04. The minimum absolute atomic E-state index is 0.111. The van der Waals surface area contributed by atoms with Gasteiger partial charge in [0.15, 0.2) is 0 Å². The molecule has 0 aromatic carbocycles. The lowest BCUT2D eigenvalue weighted by Crippen LogP contribution is -2.41. The van der Waals surface area contributed by atoms with Gasteiger partial charge in [0.1, 0.15) is 18.3 Å². The van der Waals surface area contributed by atoms with Gasteiger partial charge in [0, 0.05) is 0 Å². The Balaban J connectivity index is 3.73. The van der Waals surface area contributed by atoms with Crippen LogP contribution in [0.1, 0.15) is 0 Å². The fourth-order valence-corrected chi connectivity index (χ4v) is 1.12. The van der Waals surface area contributed by atoms with Crippen molar-refractivity contribution in [2.75, 3.05) is 13.2 Å². The van der Waals surface area contributed by atoms with Crippen molar-refractivity contribution in [3.63, 3.8) is 0 Å². The van der Waals surface area contributed by atoms with E-state index in [4.69, 9.17) is 15.3 Å². The van der Waals surface area contributed by atoms with Crippen LogP contribution in [0.3, 0.4) is 0 Å². The smallest absolute Gasteiger partial charge is 0.110 e. The van der Waals surface area contributed by atoms with Crippen LogP contribution in [0.25, 0.3) is 0 Å². The van der Waals surface area contributed by atoms with Gasteiger partial charge in [-0.05, 0) is 0 Å². The lowest BCUT2D eigenvalue weighted by molar-refractivity contribution is -0.0791. The highest BCUT2D eigenvalue weighted by Gasteiger charge is 2.24. The van der Waals surface area contributed by atoms with E-state index in [2.05, 4.69) is 40.2 Å². The molecule has 0 aliphatic rings. The van der Waals surface area contributed by atoms with Crippen LogP contribution in [0.15, 0.2) is 0 Å². The van der Waals surface area contributed by atoms with Crippen LogP contribution < -0.4 is 0 Å². The van der Waals surface area contributed by atoms with Gasteiger partial charge in [0.05, 0.1) is 45.7 Å². The maximum atomic E-state index is 9.15. The Bertz CT molecular complexity index is 102. The Morgan fingerprint density at radius 1 is 0.917 bits per heavy atom. The molecule has 3 atom stereocenters. The van der Waals surface area contributed by atoms with E-state index in [9.17, 15) is 0 Å². The first-order chi connectivity index (χ1) is 5.63. The second kappa shape index (κ2) is 7.19. The lowest BCUT2D eigenvalue weighted by Gasteiger charge is -2.20. The van der Waals surface area contributed by atoms with Crippen molar-refractivity contribution in [3.8, 4) is 0 Å². The first-order valence-electron chi connectivity index (χ1n) is 3.14. The molecule has 0 aromatic rings. The Kier molecular flexibility index (Phi) is 7.65. The molecule has 0 aliphatic heterocycles.